The Morgan fingerprint density at radius 1 is 1.00 bits per heavy atom. The smallest absolute Gasteiger partial charge is 0.126 e. The van der Waals surface area contributed by atoms with Gasteiger partial charge in [-0.25, -0.2) is 4.39 Å². The highest BCUT2D eigenvalue weighted by Crippen LogP contribution is 2.08. The van der Waals surface area contributed by atoms with Crippen molar-refractivity contribution in [3.8, 4) is 0 Å². The van der Waals surface area contributed by atoms with Crippen LogP contribution in [-0.2, 0) is 13.0 Å². The van der Waals surface area contributed by atoms with Gasteiger partial charge >= 0.3 is 0 Å². The van der Waals surface area contributed by atoms with Crippen molar-refractivity contribution in [1.82, 2.24) is 4.57 Å². The van der Waals surface area contributed by atoms with Crippen molar-refractivity contribution in [2.45, 2.75) is 13.0 Å². The monoisotopic (exact) mass is 189 g/mol. The number of hydrogen-bond acceptors (Lipinski definition) is 0. The van der Waals surface area contributed by atoms with Gasteiger partial charge in [0.15, 0.2) is 0 Å². The van der Waals surface area contributed by atoms with Crippen molar-refractivity contribution in [3.63, 3.8) is 0 Å². The van der Waals surface area contributed by atoms with E-state index in [1.54, 1.807) is 6.07 Å². The summed E-state index contributed by atoms with van der Waals surface area (Å²) in [6.07, 6.45) is 4.71. The van der Waals surface area contributed by atoms with Gasteiger partial charge in [0.05, 0.1) is 0 Å². The minimum Gasteiger partial charge on any atom is -0.354 e. The van der Waals surface area contributed by atoms with Crippen molar-refractivity contribution in [2.75, 3.05) is 0 Å². The van der Waals surface area contributed by atoms with Crippen LogP contribution in [0.3, 0.4) is 0 Å². The lowest BCUT2D eigenvalue weighted by atomic mass is 10.1. The van der Waals surface area contributed by atoms with Crippen LogP contribution < -0.4 is 0 Å². The molecule has 0 saturated heterocycles. The Bertz CT molecular complexity index is 392. The van der Waals surface area contributed by atoms with Gasteiger partial charge in [-0.2, -0.15) is 0 Å². The summed E-state index contributed by atoms with van der Waals surface area (Å²) in [5.74, 6) is -0.111. The van der Waals surface area contributed by atoms with E-state index in [1.165, 1.54) is 6.07 Å². The van der Waals surface area contributed by atoms with Crippen LogP contribution in [0.4, 0.5) is 4.39 Å². The maximum atomic E-state index is 13.2. The van der Waals surface area contributed by atoms with Crippen molar-refractivity contribution >= 4 is 0 Å². The number of halogens is 1. The average molecular weight is 189 g/mol. The van der Waals surface area contributed by atoms with Crippen LogP contribution in [0.5, 0.6) is 0 Å². The molecule has 2 rings (SSSR count). The van der Waals surface area contributed by atoms with E-state index >= 15 is 0 Å². The molecule has 0 aliphatic rings. The highest BCUT2D eigenvalue weighted by atomic mass is 19.1. The van der Waals surface area contributed by atoms with E-state index in [0.29, 0.717) is 0 Å². The minimum absolute atomic E-state index is 0.111. The zero-order chi connectivity index (χ0) is 9.80. The lowest BCUT2D eigenvalue weighted by Gasteiger charge is -2.03. The lowest BCUT2D eigenvalue weighted by molar-refractivity contribution is 0.594. The predicted octanol–water partition coefficient (Wildman–Crippen LogP) is 2.87. The maximum Gasteiger partial charge on any atom is 0.126 e. The SMILES string of the molecule is Fc1ccccc1CCn1cccc1. The Hall–Kier alpha value is -1.57. The fraction of sp³-hybridized carbons (Fsp3) is 0.167. The van der Waals surface area contributed by atoms with Crippen LogP contribution >= 0.6 is 0 Å². The van der Waals surface area contributed by atoms with Gasteiger partial charge in [0.1, 0.15) is 5.82 Å². The first-order valence-corrected chi connectivity index (χ1v) is 4.70. The molecular formula is C12H12FN. The van der Waals surface area contributed by atoms with E-state index in [2.05, 4.69) is 0 Å². The second kappa shape index (κ2) is 4.09. The number of aromatic nitrogens is 1. The number of nitrogens with zero attached hydrogens (tertiary/aromatic N) is 1. The fourth-order valence-electron chi connectivity index (χ4n) is 1.47. The molecule has 72 valence electrons. The van der Waals surface area contributed by atoms with Crippen molar-refractivity contribution < 1.29 is 4.39 Å². The Labute approximate surface area is 82.8 Å². The van der Waals surface area contributed by atoms with Gasteiger partial charge in [0, 0.05) is 18.9 Å². The minimum atomic E-state index is -0.111. The van der Waals surface area contributed by atoms with Crippen molar-refractivity contribution in [1.29, 1.82) is 0 Å². The summed E-state index contributed by atoms with van der Waals surface area (Å²) in [6.45, 7) is 0.827. The second-order valence-electron chi connectivity index (χ2n) is 3.26. The Morgan fingerprint density at radius 3 is 2.43 bits per heavy atom. The molecule has 0 radical (unpaired) electrons. The Kier molecular flexibility index (Phi) is 2.63. The average Bonchev–Trinajstić information content (AvgIpc) is 2.69. The summed E-state index contributed by atoms with van der Waals surface area (Å²) in [4.78, 5) is 0. The topological polar surface area (TPSA) is 4.93 Å². The van der Waals surface area contributed by atoms with Gasteiger partial charge in [0.2, 0.25) is 0 Å². The van der Waals surface area contributed by atoms with Gasteiger partial charge in [-0.15, -0.1) is 0 Å². The summed E-state index contributed by atoms with van der Waals surface area (Å²) >= 11 is 0. The molecule has 2 aromatic rings. The summed E-state index contributed by atoms with van der Waals surface area (Å²) in [5.41, 5.74) is 0.779. The van der Waals surface area contributed by atoms with Crippen molar-refractivity contribution in [3.05, 3.63) is 60.2 Å². The summed E-state index contributed by atoms with van der Waals surface area (Å²) in [7, 11) is 0. The molecule has 1 heterocycles. The normalized spacial score (nSPS) is 10.4. The first-order chi connectivity index (χ1) is 6.86. The molecule has 0 N–H and O–H groups in total. The van der Waals surface area contributed by atoms with E-state index in [9.17, 15) is 4.39 Å². The van der Waals surface area contributed by atoms with Crippen LogP contribution in [0, 0.1) is 5.82 Å². The largest absolute Gasteiger partial charge is 0.354 e. The number of benzene rings is 1. The van der Waals surface area contributed by atoms with E-state index in [-0.39, 0.29) is 5.82 Å². The third kappa shape index (κ3) is 2.02. The molecule has 2 heteroatoms. The van der Waals surface area contributed by atoms with E-state index in [4.69, 9.17) is 0 Å². The highest BCUT2D eigenvalue weighted by Gasteiger charge is 1.99. The molecule has 1 nitrogen and oxygen atoms in total. The van der Waals surface area contributed by atoms with Crippen LogP contribution in [0.15, 0.2) is 48.8 Å². The fourth-order valence-corrected chi connectivity index (χ4v) is 1.47. The van der Waals surface area contributed by atoms with Gasteiger partial charge < -0.3 is 4.57 Å². The molecule has 1 aromatic carbocycles. The predicted molar refractivity (Wildman–Crippen MR) is 54.5 cm³/mol. The molecule has 0 aliphatic carbocycles. The van der Waals surface area contributed by atoms with Gasteiger partial charge in [-0.05, 0) is 30.2 Å². The standard InChI is InChI=1S/C12H12FN/c13-12-6-2-1-5-11(12)7-10-14-8-3-4-9-14/h1-6,8-9H,7,10H2. The van der Waals surface area contributed by atoms with E-state index in [0.717, 1.165) is 18.5 Å². The molecule has 0 unspecified atom stereocenters. The summed E-state index contributed by atoms with van der Waals surface area (Å²) < 4.78 is 15.3. The van der Waals surface area contributed by atoms with Gasteiger partial charge in [-0.3, -0.25) is 0 Å². The third-order valence-electron chi connectivity index (χ3n) is 2.26. The number of aryl methyl sites for hydroxylation is 2. The van der Waals surface area contributed by atoms with Crippen LogP contribution in [0.1, 0.15) is 5.56 Å². The van der Waals surface area contributed by atoms with Gasteiger partial charge in [-0.1, -0.05) is 18.2 Å². The lowest BCUT2D eigenvalue weighted by Crippen LogP contribution is -1.99. The van der Waals surface area contributed by atoms with Crippen LogP contribution in [-0.4, -0.2) is 4.57 Å². The maximum absolute atomic E-state index is 13.2. The van der Waals surface area contributed by atoms with Crippen LogP contribution in [0.25, 0.3) is 0 Å². The molecule has 0 amide bonds. The summed E-state index contributed by atoms with van der Waals surface area (Å²) in [6, 6.07) is 10.9. The molecular weight excluding hydrogens is 177 g/mol. The highest BCUT2D eigenvalue weighted by molar-refractivity contribution is 5.17. The van der Waals surface area contributed by atoms with E-state index in [1.807, 2.05) is 41.2 Å². The molecule has 0 bridgehead atoms. The van der Waals surface area contributed by atoms with Crippen molar-refractivity contribution in [2.24, 2.45) is 0 Å². The quantitative estimate of drug-likeness (QED) is 0.699. The van der Waals surface area contributed by atoms with Crippen LogP contribution in [0.2, 0.25) is 0 Å². The molecule has 1 aromatic heterocycles. The molecule has 0 saturated carbocycles. The zero-order valence-corrected chi connectivity index (χ0v) is 7.86. The molecule has 0 atom stereocenters. The first kappa shape index (κ1) is 9.00. The van der Waals surface area contributed by atoms with E-state index < -0.39 is 0 Å². The molecule has 0 spiro atoms. The second-order valence-corrected chi connectivity index (χ2v) is 3.26. The van der Waals surface area contributed by atoms with Gasteiger partial charge in [0.25, 0.3) is 0 Å². The number of hydrogen-bond donors (Lipinski definition) is 0. The third-order valence-corrected chi connectivity index (χ3v) is 2.26. The molecule has 0 aliphatic heterocycles. The molecule has 14 heavy (non-hydrogen) atoms. The Morgan fingerprint density at radius 2 is 1.71 bits per heavy atom. The first-order valence-electron chi connectivity index (χ1n) is 4.70. The Balaban J connectivity index is 2.02. The summed E-state index contributed by atoms with van der Waals surface area (Å²) in [5, 5.41) is 0. The number of rotatable bonds is 3. The molecule has 0 fully saturated rings. The zero-order valence-electron chi connectivity index (χ0n) is 7.86.